The number of benzene rings is 1. The van der Waals surface area contributed by atoms with Crippen molar-refractivity contribution in [2.75, 3.05) is 5.73 Å². The molecule has 0 saturated heterocycles. The first-order chi connectivity index (χ1) is 7.06. The van der Waals surface area contributed by atoms with Crippen molar-refractivity contribution in [2.24, 2.45) is 5.73 Å². The van der Waals surface area contributed by atoms with Crippen LogP contribution in [-0.4, -0.2) is 11.0 Å². The van der Waals surface area contributed by atoms with Gasteiger partial charge in [0.25, 0.3) is 0 Å². The van der Waals surface area contributed by atoms with Crippen molar-refractivity contribution in [1.82, 2.24) is 0 Å². The van der Waals surface area contributed by atoms with Crippen LogP contribution in [0.25, 0.3) is 0 Å². The predicted octanol–water partition coefficient (Wildman–Crippen LogP) is 1.34. The van der Waals surface area contributed by atoms with E-state index < -0.39 is 11.8 Å². The molecule has 82 valence electrons. The van der Waals surface area contributed by atoms with Crippen LogP contribution in [0, 0.1) is 0 Å². The molecule has 1 aromatic rings. The summed E-state index contributed by atoms with van der Waals surface area (Å²) in [5.41, 5.74) is 11.9. The Balaban J connectivity index is 3.09. The Bertz CT molecular complexity index is 364. The van der Waals surface area contributed by atoms with Crippen molar-refractivity contribution in [2.45, 2.75) is 25.7 Å². The molecule has 0 fully saturated rings. The number of nitrogens with two attached hydrogens (primary N) is 2. The first-order valence-corrected chi connectivity index (χ1v) is 4.94. The maximum atomic E-state index is 11.2. The fourth-order valence-corrected chi connectivity index (χ4v) is 1.59. The van der Waals surface area contributed by atoms with E-state index in [0.29, 0.717) is 17.7 Å². The Morgan fingerprint density at radius 3 is 2.73 bits per heavy atom. The van der Waals surface area contributed by atoms with E-state index in [1.165, 1.54) is 6.07 Å². The minimum absolute atomic E-state index is 0.0708. The van der Waals surface area contributed by atoms with Gasteiger partial charge < -0.3 is 16.6 Å². The van der Waals surface area contributed by atoms with Gasteiger partial charge in [0.15, 0.2) is 0 Å². The number of aromatic hydroxyl groups is 1. The number of rotatable bonds is 4. The molecular weight excluding hydrogens is 192 g/mol. The monoisotopic (exact) mass is 208 g/mol. The molecular formula is C11H16N2O2. The van der Waals surface area contributed by atoms with Crippen molar-refractivity contribution < 1.29 is 9.90 Å². The lowest BCUT2D eigenvalue weighted by Crippen LogP contribution is -2.21. The Morgan fingerprint density at radius 2 is 2.20 bits per heavy atom. The molecule has 0 radical (unpaired) electrons. The molecule has 15 heavy (non-hydrogen) atoms. The van der Waals surface area contributed by atoms with Crippen LogP contribution >= 0.6 is 0 Å². The Morgan fingerprint density at radius 1 is 1.53 bits per heavy atom. The number of anilines is 1. The summed E-state index contributed by atoms with van der Waals surface area (Å²) >= 11 is 0. The van der Waals surface area contributed by atoms with E-state index in [1.807, 2.05) is 6.92 Å². The lowest BCUT2D eigenvalue weighted by Gasteiger charge is -2.14. The van der Waals surface area contributed by atoms with Gasteiger partial charge in [0.2, 0.25) is 5.91 Å². The molecule has 0 bridgehead atoms. The van der Waals surface area contributed by atoms with Gasteiger partial charge in [0, 0.05) is 11.3 Å². The summed E-state index contributed by atoms with van der Waals surface area (Å²) in [7, 11) is 0. The molecule has 1 rings (SSSR count). The summed E-state index contributed by atoms with van der Waals surface area (Å²) in [5.74, 6) is -0.822. The van der Waals surface area contributed by atoms with Crippen molar-refractivity contribution in [1.29, 1.82) is 0 Å². The smallest absolute Gasteiger partial charge is 0.225 e. The Hall–Kier alpha value is -1.71. The van der Waals surface area contributed by atoms with E-state index in [-0.39, 0.29) is 5.75 Å². The van der Waals surface area contributed by atoms with E-state index in [9.17, 15) is 9.90 Å². The van der Waals surface area contributed by atoms with Gasteiger partial charge in [-0.2, -0.15) is 0 Å². The maximum Gasteiger partial charge on any atom is 0.225 e. The number of phenolic OH excluding ortho intramolecular Hbond substituents is 1. The van der Waals surface area contributed by atoms with E-state index in [0.717, 1.165) is 6.42 Å². The van der Waals surface area contributed by atoms with Crippen LogP contribution in [0.3, 0.4) is 0 Å². The molecule has 0 aliphatic carbocycles. The number of nitrogen functional groups attached to an aromatic ring is 1. The number of hydrogen-bond donors (Lipinski definition) is 3. The molecule has 1 unspecified atom stereocenters. The SMILES string of the molecule is CCCC(C(N)=O)c1cc(N)ccc1O. The lowest BCUT2D eigenvalue weighted by atomic mass is 9.93. The van der Waals surface area contributed by atoms with E-state index in [1.54, 1.807) is 12.1 Å². The normalized spacial score (nSPS) is 12.3. The summed E-state index contributed by atoms with van der Waals surface area (Å²) in [6, 6.07) is 4.67. The van der Waals surface area contributed by atoms with Crippen LogP contribution in [0.2, 0.25) is 0 Å². The number of hydrogen-bond acceptors (Lipinski definition) is 3. The predicted molar refractivity (Wildman–Crippen MR) is 59.4 cm³/mol. The molecule has 0 saturated carbocycles. The third-order valence-corrected chi connectivity index (χ3v) is 2.35. The van der Waals surface area contributed by atoms with Gasteiger partial charge in [0.05, 0.1) is 5.92 Å². The van der Waals surface area contributed by atoms with E-state index in [2.05, 4.69) is 0 Å². The largest absolute Gasteiger partial charge is 0.508 e. The van der Waals surface area contributed by atoms with Crippen LogP contribution in [0.5, 0.6) is 5.75 Å². The molecule has 0 spiro atoms. The average molecular weight is 208 g/mol. The highest BCUT2D eigenvalue weighted by atomic mass is 16.3. The standard InChI is InChI=1S/C11H16N2O2/c1-2-3-8(11(13)15)9-6-7(12)4-5-10(9)14/h4-6,8,14H,2-3,12H2,1H3,(H2,13,15). The zero-order valence-electron chi connectivity index (χ0n) is 8.73. The number of carbonyl (C=O) groups excluding carboxylic acids is 1. The van der Waals surface area contributed by atoms with Crippen LogP contribution in [-0.2, 0) is 4.79 Å². The molecule has 0 heterocycles. The van der Waals surface area contributed by atoms with Crippen LogP contribution in [0.1, 0.15) is 31.2 Å². The number of primary amides is 1. The fraction of sp³-hybridized carbons (Fsp3) is 0.364. The van der Waals surface area contributed by atoms with E-state index in [4.69, 9.17) is 11.5 Å². The maximum absolute atomic E-state index is 11.2. The van der Waals surface area contributed by atoms with E-state index >= 15 is 0 Å². The molecule has 1 amide bonds. The van der Waals surface area contributed by atoms with Gasteiger partial charge in [-0.3, -0.25) is 4.79 Å². The van der Waals surface area contributed by atoms with Crippen molar-refractivity contribution >= 4 is 11.6 Å². The second-order valence-electron chi connectivity index (χ2n) is 3.56. The Kier molecular flexibility index (Phi) is 3.55. The Labute approximate surface area is 88.9 Å². The molecule has 0 aliphatic rings. The molecule has 1 aromatic carbocycles. The summed E-state index contributed by atoms with van der Waals surface area (Å²) in [6.45, 7) is 1.96. The lowest BCUT2D eigenvalue weighted by molar-refractivity contribution is -0.119. The molecule has 0 aliphatic heterocycles. The van der Waals surface area contributed by atoms with Crippen LogP contribution < -0.4 is 11.5 Å². The second-order valence-corrected chi connectivity index (χ2v) is 3.56. The number of amides is 1. The molecule has 0 aromatic heterocycles. The average Bonchev–Trinajstić information content (AvgIpc) is 2.18. The zero-order valence-corrected chi connectivity index (χ0v) is 8.73. The van der Waals surface area contributed by atoms with Gasteiger partial charge >= 0.3 is 0 Å². The quantitative estimate of drug-likeness (QED) is 0.515. The summed E-state index contributed by atoms with van der Waals surface area (Å²) in [5, 5.41) is 9.62. The van der Waals surface area contributed by atoms with Gasteiger partial charge in [-0.05, 0) is 24.6 Å². The molecule has 4 heteroatoms. The minimum Gasteiger partial charge on any atom is -0.508 e. The third kappa shape index (κ3) is 2.62. The van der Waals surface area contributed by atoms with Gasteiger partial charge in [0.1, 0.15) is 5.75 Å². The number of carbonyl (C=O) groups is 1. The van der Waals surface area contributed by atoms with Gasteiger partial charge in [-0.25, -0.2) is 0 Å². The van der Waals surface area contributed by atoms with Crippen molar-refractivity contribution in [3.8, 4) is 5.75 Å². The van der Waals surface area contributed by atoms with Crippen LogP contribution in [0.4, 0.5) is 5.69 Å². The second kappa shape index (κ2) is 4.68. The first kappa shape index (κ1) is 11.4. The highest BCUT2D eigenvalue weighted by molar-refractivity contribution is 5.83. The zero-order chi connectivity index (χ0) is 11.4. The molecule has 4 nitrogen and oxygen atoms in total. The van der Waals surface area contributed by atoms with Gasteiger partial charge in [-0.1, -0.05) is 13.3 Å². The van der Waals surface area contributed by atoms with Crippen molar-refractivity contribution in [3.05, 3.63) is 23.8 Å². The first-order valence-electron chi connectivity index (χ1n) is 4.94. The summed E-state index contributed by atoms with van der Waals surface area (Å²) in [6.07, 6.45) is 1.44. The van der Waals surface area contributed by atoms with Gasteiger partial charge in [-0.15, -0.1) is 0 Å². The highest BCUT2D eigenvalue weighted by Gasteiger charge is 2.20. The number of phenols is 1. The molecule has 5 N–H and O–H groups in total. The van der Waals surface area contributed by atoms with Crippen molar-refractivity contribution in [3.63, 3.8) is 0 Å². The summed E-state index contributed by atoms with van der Waals surface area (Å²) < 4.78 is 0. The topological polar surface area (TPSA) is 89.3 Å². The molecule has 1 atom stereocenters. The fourth-order valence-electron chi connectivity index (χ4n) is 1.59. The minimum atomic E-state index is -0.460. The van der Waals surface area contributed by atoms with Crippen LogP contribution in [0.15, 0.2) is 18.2 Å². The third-order valence-electron chi connectivity index (χ3n) is 2.35. The highest BCUT2D eigenvalue weighted by Crippen LogP contribution is 2.30. The summed E-state index contributed by atoms with van der Waals surface area (Å²) in [4.78, 5) is 11.2.